The molecule has 0 fully saturated rings. The van der Waals surface area contributed by atoms with Crippen LogP contribution in [0.4, 0.5) is 0 Å². The molecule has 31 heavy (non-hydrogen) atoms. The Bertz CT molecular complexity index is 1390. The lowest BCUT2D eigenvalue weighted by atomic mass is 10.0. The fraction of sp³-hybridized carbons (Fsp3) is 0.167. The summed E-state index contributed by atoms with van der Waals surface area (Å²) in [5.74, 6) is 0.717. The Morgan fingerprint density at radius 2 is 2.00 bits per heavy atom. The molecular formula is C24H18ClN3O3. The zero-order valence-corrected chi connectivity index (χ0v) is 17.9. The number of aromatic nitrogens is 2. The van der Waals surface area contributed by atoms with Crippen LogP contribution in [0.25, 0.3) is 22.4 Å². The van der Waals surface area contributed by atoms with Crippen molar-refractivity contribution in [3.63, 3.8) is 0 Å². The molecule has 6 nitrogen and oxygen atoms in total. The normalized spacial score (nSPS) is 11.8. The van der Waals surface area contributed by atoms with E-state index in [2.05, 4.69) is 9.97 Å². The maximum Gasteiger partial charge on any atom is 0.196 e. The van der Waals surface area contributed by atoms with Gasteiger partial charge in [-0.1, -0.05) is 17.7 Å². The summed E-state index contributed by atoms with van der Waals surface area (Å²) in [6.45, 7) is 5.46. The van der Waals surface area contributed by atoms with Crippen molar-refractivity contribution in [2.24, 2.45) is 0 Å². The van der Waals surface area contributed by atoms with Gasteiger partial charge in [0.05, 0.1) is 5.39 Å². The number of benzene rings is 1. The lowest BCUT2D eigenvalue weighted by Crippen LogP contribution is -2.12. The molecule has 154 valence electrons. The monoisotopic (exact) mass is 431 g/mol. The number of nitriles is 1. The van der Waals surface area contributed by atoms with Crippen LogP contribution in [0.2, 0.25) is 5.15 Å². The van der Waals surface area contributed by atoms with Gasteiger partial charge in [0.25, 0.3) is 0 Å². The zero-order chi connectivity index (χ0) is 22.1. The van der Waals surface area contributed by atoms with Gasteiger partial charge in [0.15, 0.2) is 22.6 Å². The van der Waals surface area contributed by atoms with E-state index in [1.165, 1.54) is 0 Å². The molecule has 0 unspecified atom stereocenters. The number of rotatable bonds is 4. The Morgan fingerprint density at radius 1 is 1.19 bits per heavy atom. The van der Waals surface area contributed by atoms with Gasteiger partial charge in [0.2, 0.25) is 0 Å². The smallest absolute Gasteiger partial charge is 0.196 e. The van der Waals surface area contributed by atoms with Crippen molar-refractivity contribution in [3.8, 4) is 23.3 Å². The topological polar surface area (TPSA) is 89.0 Å². The molecular weight excluding hydrogens is 414 g/mol. The average molecular weight is 432 g/mol. The predicted octanol–water partition coefficient (Wildman–Crippen LogP) is 5.53. The van der Waals surface area contributed by atoms with Crippen LogP contribution in [0.3, 0.4) is 0 Å². The van der Waals surface area contributed by atoms with Gasteiger partial charge in [0.1, 0.15) is 28.6 Å². The lowest BCUT2D eigenvalue weighted by Gasteiger charge is -2.18. The highest BCUT2D eigenvalue weighted by molar-refractivity contribution is 6.29. The molecule has 0 saturated heterocycles. The van der Waals surface area contributed by atoms with E-state index in [1.54, 1.807) is 43.5 Å². The molecule has 7 heteroatoms. The first kappa shape index (κ1) is 20.6. The van der Waals surface area contributed by atoms with E-state index < -0.39 is 6.10 Å². The van der Waals surface area contributed by atoms with Crippen LogP contribution in [0.15, 0.2) is 57.9 Å². The summed E-state index contributed by atoms with van der Waals surface area (Å²) in [4.78, 5) is 21.5. The van der Waals surface area contributed by atoms with Gasteiger partial charge in [-0.15, -0.1) is 0 Å². The van der Waals surface area contributed by atoms with Crippen molar-refractivity contribution in [2.75, 3.05) is 0 Å². The molecule has 3 aromatic heterocycles. The summed E-state index contributed by atoms with van der Waals surface area (Å²) in [7, 11) is 0. The number of ether oxygens (including phenoxy) is 1. The average Bonchev–Trinajstić information content (AvgIpc) is 2.77. The maximum absolute atomic E-state index is 13.1. The van der Waals surface area contributed by atoms with Gasteiger partial charge < -0.3 is 9.15 Å². The summed E-state index contributed by atoms with van der Waals surface area (Å²) in [6.07, 6.45) is 1.12. The molecule has 0 bridgehead atoms. The molecule has 4 aromatic rings. The number of hydrogen-bond acceptors (Lipinski definition) is 6. The van der Waals surface area contributed by atoms with E-state index in [0.29, 0.717) is 39.3 Å². The molecule has 4 rings (SSSR count). The third-order valence-corrected chi connectivity index (χ3v) is 5.17. The fourth-order valence-electron chi connectivity index (χ4n) is 3.46. The minimum Gasteiger partial charge on any atom is -0.483 e. The van der Waals surface area contributed by atoms with Gasteiger partial charge in [-0.2, -0.15) is 5.26 Å². The summed E-state index contributed by atoms with van der Waals surface area (Å²) in [6, 6.07) is 14.3. The van der Waals surface area contributed by atoms with Gasteiger partial charge >= 0.3 is 0 Å². The molecule has 0 amide bonds. The molecule has 0 aliphatic rings. The lowest BCUT2D eigenvalue weighted by molar-refractivity contribution is 0.225. The highest BCUT2D eigenvalue weighted by Gasteiger charge is 2.21. The number of hydrogen-bond donors (Lipinski definition) is 0. The maximum atomic E-state index is 13.1. The van der Waals surface area contributed by atoms with Crippen LogP contribution in [-0.2, 0) is 0 Å². The van der Waals surface area contributed by atoms with Gasteiger partial charge in [-0.25, -0.2) is 4.98 Å². The molecule has 0 N–H and O–H groups in total. The van der Waals surface area contributed by atoms with Gasteiger partial charge in [-0.05, 0) is 62.7 Å². The number of nitrogens with zero attached hydrogens (tertiary/aromatic N) is 3. The second-order valence-corrected chi connectivity index (χ2v) is 7.57. The van der Waals surface area contributed by atoms with Crippen LogP contribution < -0.4 is 10.2 Å². The first-order valence-electron chi connectivity index (χ1n) is 9.61. The highest BCUT2D eigenvalue weighted by atomic mass is 35.5. The van der Waals surface area contributed by atoms with E-state index in [0.717, 1.165) is 5.56 Å². The largest absolute Gasteiger partial charge is 0.483 e. The van der Waals surface area contributed by atoms with Crippen LogP contribution in [0, 0.1) is 25.2 Å². The van der Waals surface area contributed by atoms with Crippen molar-refractivity contribution in [1.29, 1.82) is 5.26 Å². The molecule has 3 heterocycles. The Morgan fingerprint density at radius 3 is 2.71 bits per heavy atom. The summed E-state index contributed by atoms with van der Waals surface area (Å²) >= 11 is 5.88. The molecule has 0 saturated carbocycles. The Labute approximate surface area is 183 Å². The van der Waals surface area contributed by atoms with Crippen molar-refractivity contribution < 1.29 is 9.15 Å². The summed E-state index contributed by atoms with van der Waals surface area (Å²) in [5.41, 5.74) is 3.04. The quantitative estimate of drug-likeness (QED) is 0.394. The molecule has 1 atom stereocenters. The van der Waals surface area contributed by atoms with Gasteiger partial charge in [0, 0.05) is 17.3 Å². The first-order chi connectivity index (χ1) is 14.9. The summed E-state index contributed by atoms with van der Waals surface area (Å²) in [5, 5.41) is 10.0. The number of aryl methyl sites for hydroxylation is 1. The predicted molar refractivity (Wildman–Crippen MR) is 118 cm³/mol. The molecule has 0 aliphatic heterocycles. The van der Waals surface area contributed by atoms with Crippen molar-refractivity contribution >= 4 is 22.6 Å². The van der Waals surface area contributed by atoms with Crippen molar-refractivity contribution in [3.05, 3.63) is 86.4 Å². The second kappa shape index (κ2) is 8.21. The SMILES string of the molecule is Cc1cc([C@@H](C)Oc2ccc(Cl)nc2C#N)c2oc(-c3ccccn3)c(C)c(=O)c2c1. The third kappa shape index (κ3) is 3.88. The Balaban J connectivity index is 1.89. The van der Waals surface area contributed by atoms with Crippen LogP contribution in [-0.4, -0.2) is 9.97 Å². The first-order valence-corrected chi connectivity index (χ1v) is 9.99. The Hall–Kier alpha value is -3.69. The van der Waals surface area contributed by atoms with E-state index in [9.17, 15) is 10.1 Å². The minimum atomic E-state index is -0.528. The van der Waals surface area contributed by atoms with Crippen molar-refractivity contribution in [1.82, 2.24) is 9.97 Å². The summed E-state index contributed by atoms with van der Waals surface area (Å²) < 4.78 is 12.3. The fourth-order valence-corrected chi connectivity index (χ4v) is 3.61. The van der Waals surface area contributed by atoms with E-state index >= 15 is 0 Å². The van der Waals surface area contributed by atoms with E-state index in [-0.39, 0.29) is 16.3 Å². The van der Waals surface area contributed by atoms with E-state index in [1.807, 2.05) is 32.0 Å². The molecule has 0 aliphatic carbocycles. The molecule has 0 radical (unpaired) electrons. The Kier molecular flexibility index (Phi) is 5.45. The van der Waals surface area contributed by atoms with Crippen LogP contribution >= 0.6 is 11.6 Å². The molecule has 0 spiro atoms. The third-order valence-electron chi connectivity index (χ3n) is 4.96. The minimum absolute atomic E-state index is 0.0859. The van der Waals surface area contributed by atoms with Gasteiger partial charge in [-0.3, -0.25) is 9.78 Å². The highest BCUT2D eigenvalue weighted by Crippen LogP contribution is 2.33. The second-order valence-electron chi connectivity index (χ2n) is 7.18. The zero-order valence-electron chi connectivity index (χ0n) is 17.1. The van der Waals surface area contributed by atoms with E-state index in [4.69, 9.17) is 20.8 Å². The molecule has 1 aromatic carbocycles. The standard InChI is InChI=1S/C24H18ClN3O3/c1-13-10-16(15(3)30-20-7-8-21(25)28-19(20)12-26)24-17(11-13)22(29)14(2)23(31-24)18-6-4-5-9-27-18/h4-11,15H,1-3H3/t15-/m1/s1. The van der Waals surface area contributed by atoms with Crippen LogP contribution in [0.5, 0.6) is 5.75 Å². The van der Waals surface area contributed by atoms with Crippen molar-refractivity contribution in [2.45, 2.75) is 26.9 Å². The number of fused-ring (bicyclic) bond motifs is 1. The van der Waals surface area contributed by atoms with Crippen LogP contribution in [0.1, 0.15) is 35.4 Å². The number of halogens is 1. The number of pyridine rings is 2.